The molecule has 0 spiro atoms. The Labute approximate surface area is 157 Å². The van der Waals surface area contributed by atoms with Crippen LogP contribution >= 0.6 is 31.4 Å². The largest absolute Gasteiger partial charge is 0.507 e. The molecule has 2 nitrogen and oxygen atoms in total. The minimum absolute atomic E-state index is 0.277. The van der Waals surface area contributed by atoms with E-state index < -0.39 is 0 Å². The van der Waals surface area contributed by atoms with Crippen molar-refractivity contribution in [2.75, 3.05) is 0 Å². The molecule has 0 aromatic heterocycles. The van der Waals surface area contributed by atoms with E-state index in [2.05, 4.69) is 0 Å². The van der Waals surface area contributed by atoms with Gasteiger partial charge in [0.1, 0.15) is 11.5 Å². The normalized spacial score (nSPS) is 11.2. The Bertz CT molecular complexity index is 978. The van der Waals surface area contributed by atoms with Crippen LogP contribution in [0, 0.1) is 0 Å². The Morgan fingerprint density at radius 1 is 0.520 bits per heavy atom. The van der Waals surface area contributed by atoms with Gasteiger partial charge >= 0.3 is 0 Å². The summed E-state index contributed by atoms with van der Waals surface area (Å²) in [6.45, 7) is 0. The first kappa shape index (κ1) is 16.5. The van der Waals surface area contributed by atoms with Gasteiger partial charge in [0.2, 0.25) is 0 Å². The van der Waals surface area contributed by atoms with E-state index >= 15 is 0 Å². The van der Waals surface area contributed by atoms with E-state index in [-0.39, 0.29) is 11.5 Å². The lowest BCUT2D eigenvalue weighted by Gasteiger charge is -2.10. The number of benzene rings is 4. The van der Waals surface area contributed by atoms with Crippen molar-refractivity contribution in [3.8, 4) is 11.5 Å². The van der Waals surface area contributed by atoms with E-state index in [9.17, 15) is 10.2 Å². The van der Waals surface area contributed by atoms with Crippen LogP contribution in [0.2, 0.25) is 0 Å². The smallest absolute Gasteiger partial charge is 0.130 e. The van der Waals surface area contributed by atoms with Gasteiger partial charge in [-0.15, -0.1) is 0 Å². The summed E-state index contributed by atoms with van der Waals surface area (Å²) in [5, 5.41) is 24.7. The summed E-state index contributed by atoms with van der Waals surface area (Å²) >= 11 is 0. The Morgan fingerprint density at radius 2 is 0.960 bits per heavy atom. The van der Waals surface area contributed by atoms with Gasteiger partial charge in [-0.05, 0) is 65.1 Å². The number of hydrogen-bond acceptors (Lipinski definition) is 5. The zero-order valence-corrected chi connectivity index (χ0v) is 15.5. The van der Waals surface area contributed by atoms with Crippen molar-refractivity contribution in [2.45, 2.75) is 9.79 Å². The fourth-order valence-corrected chi connectivity index (χ4v) is 6.84. The molecule has 0 aliphatic rings. The van der Waals surface area contributed by atoms with E-state index in [1.165, 1.54) is 31.4 Å². The van der Waals surface area contributed by atoms with Crippen LogP contribution < -0.4 is 0 Å². The molecule has 124 valence electrons. The predicted octanol–water partition coefficient (Wildman–Crippen LogP) is 6.85. The summed E-state index contributed by atoms with van der Waals surface area (Å²) < 4.78 is 0. The third-order valence-electron chi connectivity index (χ3n) is 3.95. The number of fused-ring (bicyclic) bond motifs is 2. The van der Waals surface area contributed by atoms with Gasteiger partial charge in [-0.25, -0.2) is 0 Å². The maximum atomic E-state index is 10.2. The number of aromatic hydroxyl groups is 2. The van der Waals surface area contributed by atoms with Gasteiger partial charge in [-0.1, -0.05) is 60.7 Å². The molecule has 0 radical (unpaired) electrons. The number of hydrogen-bond donors (Lipinski definition) is 2. The highest BCUT2D eigenvalue weighted by Crippen LogP contribution is 2.52. The molecule has 4 aromatic rings. The lowest BCUT2D eigenvalue weighted by atomic mass is 10.1. The van der Waals surface area contributed by atoms with E-state index in [4.69, 9.17) is 0 Å². The Balaban J connectivity index is 1.62. The average Bonchev–Trinajstić information content (AvgIpc) is 2.65. The molecule has 4 rings (SSSR count). The summed E-state index contributed by atoms with van der Waals surface area (Å²) in [4.78, 5) is 1.69. The number of phenolic OH excluding ortho intramolecular Hbond substituents is 2. The van der Waals surface area contributed by atoms with Gasteiger partial charge in [-0.2, -0.15) is 0 Å². The van der Waals surface area contributed by atoms with Gasteiger partial charge in [-0.3, -0.25) is 0 Å². The van der Waals surface area contributed by atoms with Gasteiger partial charge in [0, 0.05) is 0 Å². The Kier molecular flexibility index (Phi) is 4.70. The summed E-state index contributed by atoms with van der Waals surface area (Å²) in [6, 6.07) is 23.3. The van der Waals surface area contributed by atoms with Crippen LogP contribution in [0.3, 0.4) is 0 Å². The third-order valence-corrected chi connectivity index (χ3v) is 7.91. The molecule has 25 heavy (non-hydrogen) atoms. The number of phenols is 2. The SMILES string of the molecule is Oc1ccc2ccccc2c1SSSc1c(O)ccc2ccccc12. The maximum Gasteiger partial charge on any atom is 0.130 e. The molecule has 0 saturated carbocycles. The first-order valence-electron chi connectivity index (χ1n) is 7.66. The summed E-state index contributed by atoms with van der Waals surface area (Å²) in [6.07, 6.45) is 0. The van der Waals surface area contributed by atoms with Crippen molar-refractivity contribution in [2.24, 2.45) is 0 Å². The van der Waals surface area contributed by atoms with Crippen molar-refractivity contribution in [1.29, 1.82) is 0 Å². The highest BCUT2D eigenvalue weighted by atomic mass is 33.5. The molecule has 0 fully saturated rings. The highest BCUT2D eigenvalue weighted by molar-refractivity contribution is 9.09. The van der Waals surface area contributed by atoms with Crippen LogP contribution in [0.25, 0.3) is 21.5 Å². The van der Waals surface area contributed by atoms with E-state index in [1.54, 1.807) is 12.1 Å². The topological polar surface area (TPSA) is 40.5 Å². The van der Waals surface area contributed by atoms with E-state index in [0.29, 0.717) is 0 Å². The highest BCUT2D eigenvalue weighted by Gasteiger charge is 2.12. The van der Waals surface area contributed by atoms with Crippen LogP contribution in [-0.2, 0) is 0 Å². The Hall–Kier alpha value is -1.95. The van der Waals surface area contributed by atoms with Gasteiger partial charge in [0.15, 0.2) is 0 Å². The molecule has 4 aromatic carbocycles. The maximum absolute atomic E-state index is 10.2. The second-order valence-electron chi connectivity index (χ2n) is 5.50. The van der Waals surface area contributed by atoms with E-state index in [0.717, 1.165) is 31.3 Å². The van der Waals surface area contributed by atoms with Crippen LogP contribution in [0.15, 0.2) is 82.6 Å². The first-order valence-corrected chi connectivity index (χ1v) is 11.1. The Morgan fingerprint density at radius 3 is 1.44 bits per heavy atom. The zero-order valence-electron chi connectivity index (χ0n) is 13.0. The lowest BCUT2D eigenvalue weighted by Crippen LogP contribution is -1.78. The van der Waals surface area contributed by atoms with Crippen molar-refractivity contribution in [3.05, 3.63) is 72.8 Å². The monoisotopic (exact) mass is 382 g/mol. The zero-order chi connectivity index (χ0) is 17.2. The molecular weight excluding hydrogens is 368 g/mol. The molecule has 2 N–H and O–H groups in total. The van der Waals surface area contributed by atoms with Crippen LogP contribution in [-0.4, -0.2) is 10.2 Å². The van der Waals surface area contributed by atoms with Crippen molar-refractivity contribution < 1.29 is 10.2 Å². The molecule has 5 heteroatoms. The van der Waals surface area contributed by atoms with Crippen molar-refractivity contribution in [3.63, 3.8) is 0 Å². The molecule has 0 amide bonds. The summed E-state index contributed by atoms with van der Waals surface area (Å²) in [5.41, 5.74) is 0. The fourth-order valence-electron chi connectivity index (χ4n) is 2.72. The summed E-state index contributed by atoms with van der Waals surface area (Å²) in [5.74, 6) is 0.554. The van der Waals surface area contributed by atoms with Crippen LogP contribution in [0.1, 0.15) is 0 Å². The predicted molar refractivity (Wildman–Crippen MR) is 111 cm³/mol. The molecule has 0 bridgehead atoms. The lowest BCUT2D eigenvalue weighted by molar-refractivity contribution is 0.464. The van der Waals surface area contributed by atoms with Crippen molar-refractivity contribution in [1.82, 2.24) is 0 Å². The second-order valence-corrected chi connectivity index (χ2v) is 9.42. The van der Waals surface area contributed by atoms with Gasteiger partial charge in [0.05, 0.1) is 9.79 Å². The third kappa shape index (κ3) is 3.27. The molecule has 0 heterocycles. The molecular formula is C20H14O2S3. The minimum Gasteiger partial charge on any atom is -0.507 e. The van der Waals surface area contributed by atoms with Crippen LogP contribution in [0.5, 0.6) is 11.5 Å². The van der Waals surface area contributed by atoms with Gasteiger partial charge < -0.3 is 10.2 Å². The van der Waals surface area contributed by atoms with Crippen molar-refractivity contribution >= 4 is 53.0 Å². The number of rotatable bonds is 4. The quantitative estimate of drug-likeness (QED) is 0.378. The first-order chi connectivity index (χ1) is 12.2. The molecule has 0 unspecified atom stereocenters. The second kappa shape index (κ2) is 7.12. The molecule has 0 aliphatic carbocycles. The fraction of sp³-hybridized carbons (Fsp3) is 0. The van der Waals surface area contributed by atoms with E-state index in [1.807, 2.05) is 60.7 Å². The van der Waals surface area contributed by atoms with Crippen LogP contribution in [0.4, 0.5) is 0 Å². The molecule has 0 atom stereocenters. The van der Waals surface area contributed by atoms with Gasteiger partial charge in [0.25, 0.3) is 0 Å². The minimum atomic E-state index is 0.277. The molecule has 0 aliphatic heterocycles. The standard InChI is InChI=1S/C20H14O2S3/c21-17-11-9-13-5-1-3-7-15(13)19(17)23-25-24-20-16-8-4-2-6-14(16)10-12-18(20)22/h1-12,21-22H. The average molecular weight is 383 g/mol. The summed E-state index contributed by atoms with van der Waals surface area (Å²) in [7, 11) is 4.55. The molecule has 0 saturated heterocycles.